The predicted molar refractivity (Wildman–Crippen MR) is 114 cm³/mol. The first-order valence-corrected chi connectivity index (χ1v) is 11.9. The number of benzene rings is 2. The van der Waals surface area contributed by atoms with Gasteiger partial charge < -0.3 is 19.0 Å². The van der Waals surface area contributed by atoms with E-state index >= 15 is 0 Å². The molecule has 0 amide bonds. The van der Waals surface area contributed by atoms with Crippen molar-refractivity contribution in [3.63, 3.8) is 0 Å². The Kier molecular flexibility index (Phi) is 6.73. The maximum absolute atomic E-state index is 10.2. The lowest BCUT2D eigenvalue weighted by atomic mass is 10.1. The van der Waals surface area contributed by atoms with Gasteiger partial charge in [0.05, 0.1) is 12.7 Å². The molecule has 1 saturated heterocycles. The largest absolute Gasteiger partial charge is 0.405 e. The van der Waals surface area contributed by atoms with Crippen molar-refractivity contribution in [1.29, 1.82) is 0 Å². The van der Waals surface area contributed by atoms with E-state index in [9.17, 15) is 5.11 Å². The number of hydrogen-bond donors (Lipinski definition) is 1. The molecule has 1 N–H and O–H groups in total. The minimum Gasteiger partial charge on any atom is -0.405 e. The zero-order valence-electron chi connectivity index (χ0n) is 17.3. The molecule has 1 aliphatic rings. The van der Waals surface area contributed by atoms with Crippen molar-refractivity contribution < 1.29 is 19.0 Å². The van der Waals surface area contributed by atoms with Gasteiger partial charge in [-0.2, -0.15) is 0 Å². The van der Waals surface area contributed by atoms with E-state index in [1.807, 2.05) is 12.1 Å². The van der Waals surface area contributed by atoms with Crippen LogP contribution in [0.3, 0.4) is 0 Å². The van der Waals surface area contributed by atoms with Crippen molar-refractivity contribution in [2.45, 2.75) is 57.1 Å². The molecule has 1 heterocycles. The highest BCUT2D eigenvalue weighted by Gasteiger charge is 2.50. The molecular formula is C23H32O4Si. The van der Waals surface area contributed by atoms with Gasteiger partial charge in [-0.3, -0.25) is 0 Å². The first-order valence-electron chi connectivity index (χ1n) is 10.00. The second-order valence-electron chi connectivity index (χ2n) is 8.47. The second-order valence-corrected chi connectivity index (χ2v) is 12.8. The van der Waals surface area contributed by atoms with Crippen LogP contribution < -0.4 is 10.4 Å². The summed E-state index contributed by atoms with van der Waals surface area (Å²) < 4.78 is 18.0. The lowest BCUT2D eigenvalue weighted by Crippen LogP contribution is -2.67. The van der Waals surface area contributed by atoms with Crippen molar-refractivity contribution >= 4 is 18.7 Å². The Morgan fingerprint density at radius 3 is 1.93 bits per heavy atom. The Labute approximate surface area is 169 Å². The number of hydrogen-bond acceptors (Lipinski definition) is 4. The molecule has 2 aromatic rings. The monoisotopic (exact) mass is 400 g/mol. The first kappa shape index (κ1) is 21.2. The summed E-state index contributed by atoms with van der Waals surface area (Å²) in [5.41, 5.74) is 0. The summed E-state index contributed by atoms with van der Waals surface area (Å²) in [6.07, 6.45) is 0.291. The van der Waals surface area contributed by atoms with E-state index in [-0.39, 0.29) is 17.2 Å². The standard InChI is InChI=1S/C23H32O4Si/c1-23(2,3)28(19-11-7-5-8-12-19,20-13-9-6-10-14-20)26-17-18-15-16-21(25-4)22(24)27-18/h5-14,18,21-22,24H,15-17H2,1-4H3/t18-,21+,22-/m0/s1. The molecular weight excluding hydrogens is 368 g/mol. The highest BCUT2D eigenvalue weighted by atomic mass is 28.4. The normalized spacial score (nSPS) is 23.5. The van der Waals surface area contributed by atoms with Crippen molar-refractivity contribution in [3.05, 3.63) is 60.7 Å². The van der Waals surface area contributed by atoms with Crippen molar-refractivity contribution in [2.75, 3.05) is 13.7 Å². The van der Waals surface area contributed by atoms with Crippen LogP contribution in [0.1, 0.15) is 33.6 Å². The first-order chi connectivity index (χ1) is 13.4. The molecule has 3 atom stereocenters. The van der Waals surface area contributed by atoms with Gasteiger partial charge in [-0.15, -0.1) is 0 Å². The summed E-state index contributed by atoms with van der Waals surface area (Å²) in [6, 6.07) is 21.1. The van der Waals surface area contributed by atoms with Gasteiger partial charge in [0.25, 0.3) is 8.32 Å². The van der Waals surface area contributed by atoms with E-state index in [1.165, 1.54) is 10.4 Å². The molecule has 1 fully saturated rings. The topological polar surface area (TPSA) is 47.9 Å². The van der Waals surface area contributed by atoms with Crippen molar-refractivity contribution in [3.8, 4) is 0 Å². The van der Waals surface area contributed by atoms with Crippen LogP contribution in [-0.4, -0.2) is 45.6 Å². The van der Waals surface area contributed by atoms with Crippen LogP contribution in [0.15, 0.2) is 60.7 Å². The molecule has 0 bridgehead atoms. The van der Waals surface area contributed by atoms with Crippen molar-refractivity contribution in [1.82, 2.24) is 0 Å². The molecule has 0 aromatic heterocycles. The number of methoxy groups -OCH3 is 1. The maximum atomic E-state index is 10.2. The number of ether oxygens (including phenoxy) is 2. The quantitative estimate of drug-likeness (QED) is 0.757. The van der Waals surface area contributed by atoms with Crippen LogP contribution in [0.5, 0.6) is 0 Å². The molecule has 0 unspecified atom stereocenters. The molecule has 152 valence electrons. The van der Waals surface area contributed by atoms with Crippen LogP contribution in [0.25, 0.3) is 0 Å². The van der Waals surface area contributed by atoms with Crippen molar-refractivity contribution in [2.24, 2.45) is 0 Å². The van der Waals surface area contributed by atoms with E-state index < -0.39 is 14.6 Å². The van der Waals surface area contributed by atoms with Gasteiger partial charge in [0.1, 0.15) is 6.10 Å². The van der Waals surface area contributed by atoms with E-state index in [4.69, 9.17) is 13.9 Å². The minimum atomic E-state index is -2.57. The zero-order chi connectivity index (χ0) is 20.2. The Balaban J connectivity index is 1.93. The average molecular weight is 401 g/mol. The number of aliphatic hydroxyl groups excluding tert-OH is 1. The van der Waals surface area contributed by atoms with Gasteiger partial charge in [-0.1, -0.05) is 81.4 Å². The van der Waals surface area contributed by atoms with Crippen LogP contribution >= 0.6 is 0 Å². The van der Waals surface area contributed by atoms with Gasteiger partial charge in [0, 0.05) is 7.11 Å². The molecule has 28 heavy (non-hydrogen) atoms. The van der Waals surface area contributed by atoms with Gasteiger partial charge in [-0.25, -0.2) is 0 Å². The molecule has 0 radical (unpaired) electrons. The fraction of sp³-hybridized carbons (Fsp3) is 0.478. The Morgan fingerprint density at radius 1 is 0.964 bits per heavy atom. The van der Waals surface area contributed by atoms with Crippen LogP contribution in [0.4, 0.5) is 0 Å². The smallest absolute Gasteiger partial charge is 0.261 e. The molecule has 2 aromatic carbocycles. The Hall–Kier alpha value is -1.50. The van der Waals surface area contributed by atoms with Crippen LogP contribution in [-0.2, 0) is 13.9 Å². The number of rotatable bonds is 6. The highest BCUT2D eigenvalue weighted by Crippen LogP contribution is 2.37. The molecule has 0 saturated carbocycles. The molecule has 1 aliphatic heterocycles. The third-order valence-corrected chi connectivity index (χ3v) is 10.6. The lowest BCUT2D eigenvalue weighted by Gasteiger charge is -2.44. The predicted octanol–water partition coefficient (Wildman–Crippen LogP) is 3.08. The van der Waals surface area contributed by atoms with E-state index in [2.05, 4.69) is 69.3 Å². The zero-order valence-corrected chi connectivity index (χ0v) is 18.3. The molecule has 0 aliphatic carbocycles. The third-order valence-electron chi connectivity index (χ3n) is 5.63. The minimum absolute atomic E-state index is 0.0714. The van der Waals surface area contributed by atoms with Gasteiger partial charge in [0.2, 0.25) is 0 Å². The van der Waals surface area contributed by atoms with Crippen LogP contribution in [0, 0.1) is 0 Å². The lowest BCUT2D eigenvalue weighted by molar-refractivity contribution is -0.227. The Bertz CT molecular complexity index is 690. The summed E-state index contributed by atoms with van der Waals surface area (Å²) in [6.45, 7) is 7.24. The van der Waals surface area contributed by atoms with Gasteiger partial charge in [-0.05, 0) is 28.3 Å². The Morgan fingerprint density at radius 2 is 1.50 bits per heavy atom. The average Bonchev–Trinajstić information content (AvgIpc) is 2.69. The molecule has 5 heteroatoms. The summed E-state index contributed by atoms with van der Waals surface area (Å²) in [5, 5.41) is 12.6. The van der Waals surface area contributed by atoms with Crippen LogP contribution in [0.2, 0.25) is 5.04 Å². The van der Waals surface area contributed by atoms with E-state index in [0.29, 0.717) is 6.61 Å². The van der Waals surface area contributed by atoms with Gasteiger partial charge >= 0.3 is 0 Å². The summed E-state index contributed by atoms with van der Waals surface area (Å²) in [5.74, 6) is 0. The summed E-state index contributed by atoms with van der Waals surface area (Å²) >= 11 is 0. The third kappa shape index (κ3) is 4.24. The maximum Gasteiger partial charge on any atom is 0.261 e. The fourth-order valence-corrected chi connectivity index (χ4v) is 8.77. The number of aliphatic hydroxyl groups is 1. The SMILES string of the molecule is CO[C@@H]1CC[C@@H](CO[Si](c2ccccc2)(c2ccccc2)C(C)(C)C)O[C@@H]1O. The highest BCUT2D eigenvalue weighted by molar-refractivity contribution is 6.99. The second kappa shape index (κ2) is 8.89. The van der Waals surface area contributed by atoms with E-state index in [0.717, 1.165) is 12.8 Å². The van der Waals surface area contributed by atoms with E-state index in [1.54, 1.807) is 7.11 Å². The molecule has 0 spiro atoms. The fourth-order valence-electron chi connectivity index (χ4n) is 4.18. The summed E-state index contributed by atoms with van der Waals surface area (Å²) in [7, 11) is -0.966. The molecule has 4 nitrogen and oxygen atoms in total. The van der Waals surface area contributed by atoms with Gasteiger partial charge in [0.15, 0.2) is 6.29 Å². The molecule has 3 rings (SSSR count). The summed E-state index contributed by atoms with van der Waals surface area (Å²) in [4.78, 5) is 0.